The highest BCUT2D eigenvalue weighted by Gasteiger charge is 2.33. The summed E-state index contributed by atoms with van der Waals surface area (Å²) in [5, 5.41) is 0. The van der Waals surface area contributed by atoms with Gasteiger partial charge in [-0.1, -0.05) is 29.5 Å². The number of nitrogens with zero attached hydrogens (tertiary/aromatic N) is 2. The molecule has 0 saturated heterocycles. The van der Waals surface area contributed by atoms with E-state index < -0.39 is 18.0 Å². The zero-order valence-corrected chi connectivity index (χ0v) is 24.2. The molecule has 3 heterocycles. The van der Waals surface area contributed by atoms with Gasteiger partial charge in [-0.15, -0.1) is 0 Å². The Bertz CT molecular complexity index is 1830. The van der Waals surface area contributed by atoms with Crippen molar-refractivity contribution in [2.24, 2.45) is 4.99 Å². The average Bonchev–Trinajstić information content (AvgIpc) is 3.63. The van der Waals surface area contributed by atoms with Crippen LogP contribution in [0, 0.1) is 0 Å². The second-order valence-corrected chi connectivity index (χ2v) is 10.1. The lowest BCUT2D eigenvalue weighted by Crippen LogP contribution is -2.39. The molecule has 2 aromatic carbocycles. The van der Waals surface area contributed by atoms with Crippen LogP contribution in [0.25, 0.3) is 6.08 Å². The first kappa shape index (κ1) is 28.6. The SMILES string of the molecule is CCOC(=O)C1=C(C)N=c2s/c(=C\c3ccc(OC(=O)c4ccco4)c(OCC)c3)c(=O)n2[C@@H]1c1ccc(OC)cc1. The van der Waals surface area contributed by atoms with Crippen LogP contribution in [0.15, 0.2) is 86.3 Å². The number of carbonyl (C=O) groups excluding carboxylic acids is 2. The van der Waals surface area contributed by atoms with Crippen molar-refractivity contribution in [3.8, 4) is 17.2 Å². The minimum absolute atomic E-state index is 0.0616. The number of allylic oxidation sites excluding steroid dienone is 1. The first-order chi connectivity index (χ1) is 20.3. The molecule has 1 atom stereocenters. The third-order valence-electron chi connectivity index (χ3n) is 6.44. The van der Waals surface area contributed by atoms with Crippen molar-refractivity contribution in [1.29, 1.82) is 0 Å². The molecule has 0 radical (unpaired) electrons. The predicted octanol–water partition coefficient (Wildman–Crippen LogP) is 4.02. The summed E-state index contributed by atoms with van der Waals surface area (Å²) >= 11 is 1.20. The van der Waals surface area contributed by atoms with Crippen LogP contribution in [0.2, 0.25) is 0 Å². The molecule has 1 aliphatic rings. The molecule has 0 unspecified atom stereocenters. The van der Waals surface area contributed by atoms with Crippen molar-refractivity contribution in [1.82, 2.24) is 4.57 Å². The number of esters is 2. The van der Waals surface area contributed by atoms with Crippen molar-refractivity contribution >= 4 is 29.4 Å². The summed E-state index contributed by atoms with van der Waals surface area (Å²) < 4.78 is 28.9. The molecule has 10 nitrogen and oxygen atoms in total. The van der Waals surface area contributed by atoms with Crippen LogP contribution in [0.5, 0.6) is 17.2 Å². The van der Waals surface area contributed by atoms with E-state index in [4.69, 9.17) is 23.4 Å². The molecule has 2 aromatic heterocycles. The van der Waals surface area contributed by atoms with Gasteiger partial charge in [-0.25, -0.2) is 14.6 Å². The smallest absolute Gasteiger partial charge is 0.379 e. The maximum absolute atomic E-state index is 13.9. The van der Waals surface area contributed by atoms with Crippen LogP contribution >= 0.6 is 11.3 Å². The molecule has 0 fully saturated rings. The number of benzene rings is 2. The third kappa shape index (κ3) is 5.64. The summed E-state index contributed by atoms with van der Waals surface area (Å²) in [4.78, 5) is 44.4. The van der Waals surface area contributed by atoms with Crippen LogP contribution in [0.4, 0.5) is 0 Å². The van der Waals surface area contributed by atoms with Crippen LogP contribution in [0.3, 0.4) is 0 Å². The second-order valence-electron chi connectivity index (χ2n) is 9.08. The maximum Gasteiger partial charge on any atom is 0.379 e. The van der Waals surface area contributed by atoms with Gasteiger partial charge in [-0.2, -0.15) is 0 Å². The molecule has 11 heteroatoms. The first-order valence-electron chi connectivity index (χ1n) is 13.2. The lowest BCUT2D eigenvalue weighted by atomic mass is 9.96. The number of thiazole rings is 1. The Morgan fingerprint density at radius 2 is 1.83 bits per heavy atom. The minimum Gasteiger partial charge on any atom is -0.497 e. The van der Waals surface area contributed by atoms with E-state index in [1.165, 1.54) is 28.2 Å². The van der Waals surface area contributed by atoms with Crippen molar-refractivity contribution in [3.05, 3.63) is 109 Å². The van der Waals surface area contributed by atoms with Crippen LogP contribution < -0.4 is 29.1 Å². The van der Waals surface area contributed by atoms with E-state index in [1.54, 1.807) is 63.4 Å². The number of methoxy groups -OCH3 is 1. The van der Waals surface area contributed by atoms with Gasteiger partial charge in [0, 0.05) is 0 Å². The molecule has 0 bridgehead atoms. The van der Waals surface area contributed by atoms with Crippen molar-refractivity contribution in [3.63, 3.8) is 0 Å². The Balaban J connectivity index is 1.58. The molecule has 5 rings (SSSR count). The van der Waals surface area contributed by atoms with E-state index in [-0.39, 0.29) is 23.7 Å². The summed E-state index contributed by atoms with van der Waals surface area (Å²) in [5.41, 5.74) is 1.80. The van der Waals surface area contributed by atoms with Crippen LogP contribution in [-0.2, 0) is 9.53 Å². The number of rotatable bonds is 9. The molecule has 0 spiro atoms. The highest BCUT2D eigenvalue weighted by molar-refractivity contribution is 7.07. The number of carbonyl (C=O) groups is 2. The highest BCUT2D eigenvalue weighted by atomic mass is 32.1. The normalized spacial score (nSPS) is 14.7. The largest absolute Gasteiger partial charge is 0.497 e. The predicted molar refractivity (Wildman–Crippen MR) is 155 cm³/mol. The third-order valence-corrected chi connectivity index (χ3v) is 7.42. The van der Waals surface area contributed by atoms with E-state index >= 15 is 0 Å². The fraction of sp³-hybridized carbons (Fsp3) is 0.226. The standard InChI is InChI=1S/C31H28N2O8S/c1-5-38-24-16-19(9-14-22(24)41-29(35)23-8-7-15-40-23)17-25-28(34)33-27(20-10-12-21(37-4)13-11-20)26(30(36)39-6-2)18(3)32-31(33)42-25/h7-17,27H,5-6H2,1-4H3/b25-17-/t27-/m1/s1. The summed E-state index contributed by atoms with van der Waals surface area (Å²) in [6.45, 7) is 5.78. The van der Waals surface area contributed by atoms with Crippen molar-refractivity contribution in [2.75, 3.05) is 20.3 Å². The summed E-state index contributed by atoms with van der Waals surface area (Å²) in [5.74, 6) is 0.0595. The van der Waals surface area contributed by atoms with Gasteiger partial charge in [0.25, 0.3) is 5.56 Å². The van der Waals surface area contributed by atoms with E-state index in [0.717, 1.165) is 0 Å². The van der Waals surface area contributed by atoms with Gasteiger partial charge in [0.05, 0.1) is 48.4 Å². The number of furan rings is 1. The number of fused-ring (bicyclic) bond motifs is 1. The van der Waals surface area contributed by atoms with E-state index in [1.807, 2.05) is 19.1 Å². The summed E-state index contributed by atoms with van der Waals surface area (Å²) in [6, 6.07) is 14.5. The quantitative estimate of drug-likeness (QED) is 0.213. The number of ether oxygens (including phenoxy) is 4. The number of aromatic nitrogens is 1. The topological polar surface area (TPSA) is 119 Å². The fourth-order valence-corrected chi connectivity index (χ4v) is 5.60. The molecule has 0 N–H and O–H groups in total. The summed E-state index contributed by atoms with van der Waals surface area (Å²) in [7, 11) is 1.57. The molecule has 1 aliphatic heterocycles. The lowest BCUT2D eigenvalue weighted by molar-refractivity contribution is -0.139. The van der Waals surface area contributed by atoms with Gasteiger partial charge >= 0.3 is 11.9 Å². The Hall–Kier alpha value is -4.90. The molecule has 42 heavy (non-hydrogen) atoms. The van der Waals surface area contributed by atoms with Crippen molar-refractivity contribution < 1.29 is 33.0 Å². The minimum atomic E-state index is -0.740. The van der Waals surface area contributed by atoms with Gasteiger partial charge in [-0.3, -0.25) is 9.36 Å². The Kier molecular flexibility index (Phi) is 8.39. The van der Waals surface area contributed by atoms with Gasteiger partial charge in [0.2, 0.25) is 5.76 Å². The zero-order valence-electron chi connectivity index (χ0n) is 23.4. The first-order valence-corrected chi connectivity index (χ1v) is 14.0. The monoisotopic (exact) mass is 588 g/mol. The molecular weight excluding hydrogens is 560 g/mol. The highest BCUT2D eigenvalue weighted by Crippen LogP contribution is 2.32. The molecular formula is C31H28N2O8S. The molecule has 0 saturated carbocycles. The van der Waals surface area contributed by atoms with Gasteiger partial charge < -0.3 is 23.4 Å². The van der Waals surface area contributed by atoms with Gasteiger partial charge in [0.15, 0.2) is 16.3 Å². The molecule has 4 aromatic rings. The second kappa shape index (κ2) is 12.3. The molecule has 0 amide bonds. The number of hydrogen-bond donors (Lipinski definition) is 0. The van der Waals surface area contributed by atoms with Crippen LogP contribution in [0.1, 0.15) is 48.5 Å². The molecule has 216 valence electrons. The van der Waals surface area contributed by atoms with E-state index in [9.17, 15) is 14.4 Å². The maximum atomic E-state index is 13.9. The Morgan fingerprint density at radius 1 is 1.05 bits per heavy atom. The summed E-state index contributed by atoms with van der Waals surface area (Å²) in [6.07, 6.45) is 3.09. The van der Waals surface area contributed by atoms with Gasteiger partial charge in [-0.05, 0) is 74.4 Å². The molecule has 0 aliphatic carbocycles. The van der Waals surface area contributed by atoms with E-state index in [2.05, 4.69) is 4.99 Å². The fourth-order valence-electron chi connectivity index (χ4n) is 4.56. The average molecular weight is 589 g/mol. The van der Waals surface area contributed by atoms with E-state index in [0.29, 0.717) is 49.8 Å². The lowest BCUT2D eigenvalue weighted by Gasteiger charge is -2.24. The van der Waals surface area contributed by atoms with Crippen molar-refractivity contribution in [2.45, 2.75) is 26.8 Å². The van der Waals surface area contributed by atoms with Crippen LogP contribution in [-0.4, -0.2) is 36.8 Å². The van der Waals surface area contributed by atoms with Gasteiger partial charge in [0.1, 0.15) is 5.75 Å². The Morgan fingerprint density at radius 3 is 2.50 bits per heavy atom. The Labute approximate surface area is 244 Å². The zero-order chi connectivity index (χ0) is 29.8. The number of hydrogen-bond acceptors (Lipinski definition) is 10.